The van der Waals surface area contributed by atoms with E-state index in [1.165, 1.54) is 45.4 Å². The maximum Gasteiger partial charge on any atom is 0.119 e. The molecule has 2 aliphatic carbocycles. The van der Waals surface area contributed by atoms with Crippen LogP contribution >= 0.6 is 0 Å². The van der Waals surface area contributed by atoms with E-state index >= 15 is 0 Å². The number of likely N-dealkylation sites (tertiary alicyclic amines) is 1. The van der Waals surface area contributed by atoms with Crippen molar-refractivity contribution in [2.75, 3.05) is 47.4 Å². The molecule has 1 aromatic carbocycles. The highest BCUT2D eigenvalue weighted by atomic mass is 16.5. The predicted octanol–water partition coefficient (Wildman–Crippen LogP) is 2.12. The molecule has 4 aliphatic rings. The average Bonchev–Trinajstić information content (AvgIpc) is 2.87. The van der Waals surface area contributed by atoms with Crippen molar-refractivity contribution in [1.29, 1.82) is 0 Å². The molecule has 3 fully saturated rings. The van der Waals surface area contributed by atoms with E-state index in [-0.39, 0.29) is 5.41 Å². The molecule has 4 atom stereocenters. The van der Waals surface area contributed by atoms with E-state index in [4.69, 9.17) is 4.74 Å². The second-order valence-electron chi connectivity index (χ2n) is 9.50. The molecule has 1 spiro atoms. The van der Waals surface area contributed by atoms with Gasteiger partial charge in [0.1, 0.15) is 5.75 Å². The van der Waals surface area contributed by atoms with Gasteiger partial charge >= 0.3 is 0 Å². The smallest absolute Gasteiger partial charge is 0.119 e. The lowest BCUT2D eigenvalue weighted by Gasteiger charge is -2.77. The summed E-state index contributed by atoms with van der Waals surface area (Å²) in [6.45, 7) is 7.40. The summed E-state index contributed by atoms with van der Waals surface area (Å²) in [6, 6.07) is 8.13. The SMILES string of the molecule is COc1ccc2c(c1)C1(C)C(N(C)CC3CCNCC3)C3N(C)CC31C2. The van der Waals surface area contributed by atoms with Gasteiger partial charge in [0.15, 0.2) is 0 Å². The van der Waals surface area contributed by atoms with Crippen LogP contribution in [0, 0.1) is 11.3 Å². The maximum atomic E-state index is 5.58. The topological polar surface area (TPSA) is 27.7 Å². The summed E-state index contributed by atoms with van der Waals surface area (Å²) in [5, 5.41) is 3.51. The largest absolute Gasteiger partial charge is 0.497 e. The first-order valence-electron chi connectivity index (χ1n) is 10.3. The van der Waals surface area contributed by atoms with E-state index in [0.29, 0.717) is 17.5 Å². The van der Waals surface area contributed by atoms with Crippen LogP contribution in [-0.2, 0) is 11.8 Å². The monoisotopic (exact) mass is 355 g/mol. The Morgan fingerprint density at radius 2 is 2.08 bits per heavy atom. The molecule has 4 heteroatoms. The van der Waals surface area contributed by atoms with Crippen LogP contribution in [0.15, 0.2) is 18.2 Å². The first kappa shape index (κ1) is 17.0. The number of piperidine rings is 2. The van der Waals surface area contributed by atoms with Crippen molar-refractivity contribution >= 4 is 0 Å². The molecule has 26 heavy (non-hydrogen) atoms. The van der Waals surface area contributed by atoms with Crippen molar-refractivity contribution in [3.63, 3.8) is 0 Å². The lowest BCUT2D eigenvalue weighted by Crippen LogP contribution is -2.89. The molecule has 5 rings (SSSR count). The van der Waals surface area contributed by atoms with Crippen LogP contribution in [0.25, 0.3) is 0 Å². The van der Waals surface area contributed by atoms with Gasteiger partial charge in [-0.2, -0.15) is 0 Å². The summed E-state index contributed by atoms with van der Waals surface area (Å²) in [4.78, 5) is 5.32. The van der Waals surface area contributed by atoms with E-state index in [1.54, 1.807) is 18.2 Å². The van der Waals surface area contributed by atoms with Gasteiger partial charge in [-0.3, -0.25) is 0 Å². The van der Waals surface area contributed by atoms with Crippen molar-refractivity contribution in [3.8, 4) is 5.75 Å². The third-order valence-electron chi connectivity index (χ3n) is 8.36. The van der Waals surface area contributed by atoms with Crippen LogP contribution in [0.5, 0.6) is 5.75 Å². The molecule has 0 bridgehead atoms. The van der Waals surface area contributed by atoms with E-state index in [9.17, 15) is 0 Å². The van der Waals surface area contributed by atoms with Crippen LogP contribution in [0.2, 0.25) is 0 Å². The van der Waals surface area contributed by atoms with Gasteiger partial charge in [-0.05, 0) is 75.6 Å². The van der Waals surface area contributed by atoms with Crippen LogP contribution in [0.4, 0.5) is 0 Å². The van der Waals surface area contributed by atoms with Gasteiger partial charge in [-0.25, -0.2) is 0 Å². The fourth-order valence-electron chi connectivity index (χ4n) is 7.17. The van der Waals surface area contributed by atoms with Gasteiger partial charge in [0.2, 0.25) is 0 Å². The highest BCUT2D eigenvalue weighted by Crippen LogP contribution is 2.71. The summed E-state index contributed by atoms with van der Waals surface area (Å²) < 4.78 is 5.58. The van der Waals surface area contributed by atoms with Crippen LogP contribution in [-0.4, -0.2) is 69.3 Å². The third kappa shape index (κ3) is 1.96. The Morgan fingerprint density at radius 3 is 2.77 bits per heavy atom. The van der Waals surface area contributed by atoms with Crippen molar-refractivity contribution in [1.82, 2.24) is 15.1 Å². The minimum absolute atomic E-state index is 0.260. The van der Waals surface area contributed by atoms with Crippen molar-refractivity contribution in [3.05, 3.63) is 29.3 Å². The molecule has 0 amide bonds. The lowest BCUT2D eigenvalue weighted by atomic mass is 9.39. The second kappa shape index (κ2) is 5.70. The van der Waals surface area contributed by atoms with Crippen molar-refractivity contribution in [2.24, 2.45) is 11.3 Å². The Balaban J connectivity index is 1.47. The molecule has 2 aliphatic heterocycles. The first-order chi connectivity index (χ1) is 12.5. The zero-order valence-electron chi connectivity index (χ0n) is 16.7. The minimum Gasteiger partial charge on any atom is -0.497 e. The average molecular weight is 356 g/mol. The van der Waals surface area contributed by atoms with E-state index in [2.05, 4.69) is 54.3 Å². The number of fused-ring (bicyclic) bond motifs is 2. The predicted molar refractivity (Wildman–Crippen MR) is 105 cm³/mol. The third-order valence-corrected chi connectivity index (χ3v) is 8.36. The molecular weight excluding hydrogens is 322 g/mol. The molecule has 1 N–H and O–H groups in total. The van der Waals surface area contributed by atoms with Gasteiger partial charge in [0.05, 0.1) is 7.11 Å². The molecule has 142 valence electrons. The highest BCUT2D eigenvalue weighted by molar-refractivity contribution is 5.56. The minimum atomic E-state index is 0.260. The first-order valence-corrected chi connectivity index (χ1v) is 10.3. The quantitative estimate of drug-likeness (QED) is 0.895. The molecule has 2 saturated heterocycles. The number of hydrogen-bond acceptors (Lipinski definition) is 4. The van der Waals surface area contributed by atoms with Gasteiger partial charge in [-0.15, -0.1) is 0 Å². The summed E-state index contributed by atoms with van der Waals surface area (Å²) in [7, 11) is 6.49. The van der Waals surface area contributed by atoms with E-state index in [0.717, 1.165) is 11.7 Å². The Bertz CT molecular complexity index is 715. The van der Waals surface area contributed by atoms with Gasteiger partial charge < -0.3 is 19.9 Å². The molecule has 4 unspecified atom stereocenters. The fourth-order valence-corrected chi connectivity index (χ4v) is 7.17. The number of hydrogen-bond donors (Lipinski definition) is 1. The Morgan fingerprint density at radius 1 is 1.31 bits per heavy atom. The number of rotatable bonds is 4. The number of likely N-dealkylation sites (N-methyl/N-ethyl adjacent to an activating group) is 2. The van der Waals surface area contributed by atoms with Gasteiger partial charge in [0, 0.05) is 36.0 Å². The van der Waals surface area contributed by atoms with Crippen LogP contribution in [0.1, 0.15) is 30.9 Å². The van der Waals surface area contributed by atoms with E-state index < -0.39 is 0 Å². The molecule has 0 radical (unpaired) electrons. The fraction of sp³-hybridized carbons (Fsp3) is 0.727. The summed E-state index contributed by atoms with van der Waals surface area (Å²) in [5.41, 5.74) is 3.83. The number of methoxy groups -OCH3 is 1. The van der Waals surface area contributed by atoms with Gasteiger partial charge in [-0.1, -0.05) is 13.0 Å². The van der Waals surface area contributed by atoms with Gasteiger partial charge in [0.25, 0.3) is 0 Å². The second-order valence-corrected chi connectivity index (χ2v) is 9.50. The maximum absolute atomic E-state index is 5.58. The molecule has 1 saturated carbocycles. The Labute approximate surface area is 157 Å². The Hall–Kier alpha value is -1.10. The van der Waals surface area contributed by atoms with Crippen molar-refractivity contribution < 1.29 is 4.74 Å². The molecule has 4 nitrogen and oxygen atoms in total. The molecule has 0 aromatic heterocycles. The summed E-state index contributed by atoms with van der Waals surface area (Å²) in [5.74, 6) is 1.86. The van der Waals surface area contributed by atoms with Crippen molar-refractivity contribution in [2.45, 2.75) is 43.7 Å². The van der Waals surface area contributed by atoms with E-state index in [1.807, 2.05) is 0 Å². The Kier molecular flexibility index (Phi) is 3.73. The molecular formula is C22H33N3O. The zero-order valence-corrected chi connectivity index (χ0v) is 16.7. The lowest BCUT2D eigenvalue weighted by molar-refractivity contribution is -0.243. The molecule has 2 heterocycles. The van der Waals surface area contributed by atoms with Crippen LogP contribution < -0.4 is 10.1 Å². The summed E-state index contributed by atoms with van der Waals surface area (Å²) >= 11 is 0. The molecule has 1 aromatic rings. The number of nitrogens with one attached hydrogen (secondary N) is 1. The van der Waals surface area contributed by atoms with Crippen LogP contribution in [0.3, 0.4) is 0 Å². The number of benzene rings is 1. The summed E-state index contributed by atoms with van der Waals surface area (Å²) in [6.07, 6.45) is 3.89. The zero-order chi connectivity index (χ0) is 18.1. The number of nitrogens with zero attached hydrogens (tertiary/aromatic N) is 2. The normalized spacial score (nSPS) is 39.0. The standard InChI is InChI=1S/C22H33N3O/c1-21-18-11-17(26-4)6-5-16(18)12-22(21)14-25(3)20(22)19(21)24(2)13-15-7-9-23-10-8-15/h5-6,11,15,19-20,23H,7-10,12-14H2,1-4H3. The number of ether oxygens (including phenoxy) is 1. The highest BCUT2D eigenvalue weighted by Gasteiger charge is 2.79.